The Bertz CT molecular complexity index is 673. The molecule has 2 heterocycles. The number of fused-ring (bicyclic) bond motifs is 1. The van der Waals surface area contributed by atoms with Crippen LogP contribution in [0, 0.1) is 0 Å². The summed E-state index contributed by atoms with van der Waals surface area (Å²) in [5, 5.41) is 2.75. The number of piperidine rings is 2. The number of halogens is 1. The highest BCUT2D eigenvalue weighted by Gasteiger charge is 2.20. The van der Waals surface area contributed by atoms with Crippen molar-refractivity contribution in [1.82, 2.24) is 9.80 Å². The van der Waals surface area contributed by atoms with E-state index in [1.54, 1.807) is 5.56 Å². The van der Waals surface area contributed by atoms with Gasteiger partial charge in [-0.2, -0.15) is 0 Å². The Hall–Kier alpha value is -1.09. The second kappa shape index (κ2) is 9.73. The van der Waals surface area contributed by atoms with E-state index in [4.69, 9.17) is 0 Å². The van der Waals surface area contributed by atoms with Crippen LogP contribution in [0.2, 0.25) is 0 Å². The zero-order chi connectivity index (χ0) is 16.9. The molecular formula is C23H33ClN2. The molecule has 0 atom stereocenters. The first-order valence-corrected chi connectivity index (χ1v) is 10.3. The van der Waals surface area contributed by atoms with Crippen molar-refractivity contribution in [2.24, 2.45) is 0 Å². The highest BCUT2D eigenvalue weighted by atomic mass is 35.5. The third-order valence-corrected chi connectivity index (χ3v) is 6.23. The minimum Gasteiger partial charge on any atom is -0.303 e. The predicted molar refractivity (Wildman–Crippen MR) is 115 cm³/mol. The monoisotopic (exact) mass is 372 g/mol. The van der Waals surface area contributed by atoms with E-state index in [1.807, 2.05) is 0 Å². The normalized spacial score (nSPS) is 20.2. The van der Waals surface area contributed by atoms with E-state index < -0.39 is 0 Å². The summed E-state index contributed by atoms with van der Waals surface area (Å²) in [6.45, 7) is 7.83. The molecule has 2 nitrogen and oxygen atoms in total. The molecule has 2 aromatic carbocycles. The highest BCUT2D eigenvalue weighted by Crippen LogP contribution is 2.30. The fraction of sp³-hybridized carbons (Fsp3) is 0.565. The zero-order valence-corrected chi connectivity index (χ0v) is 16.7. The van der Waals surface area contributed by atoms with E-state index in [-0.39, 0.29) is 12.4 Å². The van der Waals surface area contributed by atoms with Gasteiger partial charge in [0.15, 0.2) is 0 Å². The lowest BCUT2D eigenvalue weighted by Gasteiger charge is -2.33. The quantitative estimate of drug-likeness (QED) is 0.701. The molecule has 142 valence electrons. The van der Waals surface area contributed by atoms with E-state index in [0.29, 0.717) is 0 Å². The number of nitrogens with zero attached hydrogens (tertiary/aromatic N) is 2. The van der Waals surface area contributed by atoms with Crippen LogP contribution in [0.5, 0.6) is 0 Å². The minimum absolute atomic E-state index is 0. The van der Waals surface area contributed by atoms with Gasteiger partial charge in [-0.1, -0.05) is 48.9 Å². The van der Waals surface area contributed by atoms with Gasteiger partial charge in [0.1, 0.15) is 0 Å². The average molecular weight is 373 g/mol. The first kappa shape index (κ1) is 19.7. The van der Waals surface area contributed by atoms with E-state index in [9.17, 15) is 0 Å². The van der Waals surface area contributed by atoms with Gasteiger partial charge in [-0.15, -0.1) is 12.4 Å². The summed E-state index contributed by atoms with van der Waals surface area (Å²) in [6, 6.07) is 15.8. The lowest BCUT2D eigenvalue weighted by molar-refractivity contribution is 0.180. The molecule has 4 rings (SSSR count). The van der Waals surface area contributed by atoms with Gasteiger partial charge in [0.05, 0.1) is 0 Å². The highest BCUT2D eigenvalue weighted by molar-refractivity contribution is 5.85. The van der Waals surface area contributed by atoms with Gasteiger partial charge in [0.25, 0.3) is 0 Å². The SMILES string of the molecule is Cl.c1ccc2cc(C3CCN(CCCN4CCCCC4)CC3)ccc2c1. The van der Waals surface area contributed by atoms with Crippen molar-refractivity contribution in [3.8, 4) is 0 Å². The van der Waals surface area contributed by atoms with Crippen molar-refractivity contribution in [2.45, 2.75) is 44.4 Å². The van der Waals surface area contributed by atoms with Gasteiger partial charge >= 0.3 is 0 Å². The molecule has 3 heteroatoms. The molecule has 0 amide bonds. The average Bonchev–Trinajstić information content (AvgIpc) is 2.69. The molecule has 2 aromatic rings. The summed E-state index contributed by atoms with van der Waals surface area (Å²) in [7, 11) is 0. The van der Waals surface area contributed by atoms with E-state index in [2.05, 4.69) is 52.3 Å². The summed E-state index contributed by atoms with van der Waals surface area (Å²) in [5.41, 5.74) is 1.55. The molecule has 0 spiro atoms. The smallest absolute Gasteiger partial charge is 0.000654 e. The molecule has 0 aromatic heterocycles. The van der Waals surface area contributed by atoms with Crippen molar-refractivity contribution < 1.29 is 0 Å². The van der Waals surface area contributed by atoms with Gasteiger partial charge in [-0.25, -0.2) is 0 Å². The second-order valence-electron chi connectivity index (χ2n) is 7.98. The molecule has 0 N–H and O–H groups in total. The maximum atomic E-state index is 2.70. The molecule has 0 radical (unpaired) electrons. The van der Waals surface area contributed by atoms with Crippen LogP contribution in [-0.2, 0) is 0 Å². The van der Waals surface area contributed by atoms with Crippen LogP contribution in [0.25, 0.3) is 10.8 Å². The van der Waals surface area contributed by atoms with Crippen LogP contribution < -0.4 is 0 Å². The van der Waals surface area contributed by atoms with E-state index in [0.717, 1.165) is 5.92 Å². The maximum absolute atomic E-state index is 2.70. The number of hydrogen-bond acceptors (Lipinski definition) is 2. The number of hydrogen-bond donors (Lipinski definition) is 0. The molecule has 2 aliphatic rings. The second-order valence-corrected chi connectivity index (χ2v) is 7.98. The minimum atomic E-state index is 0. The molecule has 0 aliphatic carbocycles. The fourth-order valence-corrected chi connectivity index (χ4v) is 4.65. The summed E-state index contributed by atoms with van der Waals surface area (Å²) >= 11 is 0. The fourth-order valence-electron chi connectivity index (χ4n) is 4.65. The lowest BCUT2D eigenvalue weighted by Crippen LogP contribution is -2.36. The number of benzene rings is 2. The van der Waals surface area contributed by atoms with Crippen molar-refractivity contribution >= 4 is 23.2 Å². The van der Waals surface area contributed by atoms with Crippen LogP contribution in [-0.4, -0.2) is 49.1 Å². The third-order valence-electron chi connectivity index (χ3n) is 6.23. The lowest BCUT2D eigenvalue weighted by atomic mass is 9.88. The Labute approximate surface area is 165 Å². The van der Waals surface area contributed by atoms with Gasteiger partial charge in [-0.3, -0.25) is 0 Å². The topological polar surface area (TPSA) is 6.48 Å². The zero-order valence-electron chi connectivity index (χ0n) is 15.9. The van der Waals surface area contributed by atoms with Crippen molar-refractivity contribution in [1.29, 1.82) is 0 Å². The van der Waals surface area contributed by atoms with Gasteiger partial charge < -0.3 is 9.80 Å². The summed E-state index contributed by atoms with van der Waals surface area (Å²) in [4.78, 5) is 5.37. The Morgan fingerprint density at radius 3 is 2.12 bits per heavy atom. The maximum Gasteiger partial charge on any atom is -0.000654 e. The molecular weight excluding hydrogens is 340 g/mol. The first-order chi connectivity index (χ1) is 12.4. The first-order valence-electron chi connectivity index (χ1n) is 10.3. The predicted octanol–water partition coefficient (Wildman–Crippen LogP) is 5.32. The van der Waals surface area contributed by atoms with Crippen LogP contribution in [0.1, 0.15) is 50.0 Å². The van der Waals surface area contributed by atoms with Gasteiger partial charge in [0.2, 0.25) is 0 Å². The standard InChI is InChI=1S/C23H32N2.ClH/c1-4-13-24(14-5-1)15-6-16-25-17-11-21(12-18-25)23-10-9-20-7-2-3-8-22(20)19-23;/h2-3,7-10,19,21H,1,4-6,11-18H2;1H. The summed E-state index contributed by atoms with van der Waals surface area (Å²) < 4.78 is 0. The Morgan fingerprint density at radius 1 is 0.731 bits per heavy atom. The van der Waals surface area contributed by atoms with Crippen LogP contribution in [0.15, 0.2) is 42.5 Å². The molecule has 2 saturated heterocycles. The summed E-state index contributed by atoms with van der Waals surface area (Å²) in [6.07, 6.45) is 8.26. The van der Waals surface area contributed by atoms with E-state index >= 15 is 0 Å². The third kappa shape index (κ3) is 5.00. The Balaban J connectivity index is 0.00000196. The molecule has 2 aliphatic heterocycles. The van der Waals surface area contributed by atoms with Gasteiger partial charge in [0, 0.05) is 0 Å². The van der Waals surface area contributed by atoms with Gasteiger partial charge in [-0.05, 0) is 93.6 Å². The Morgan fingerprint density at radius 2 is 1.38 bits per heavy atom. The molecule has 26 heavy (non-hydrogen) atoms. The van der Waals surface area contributed by atoms with Crippen molar-refractivity contribution in [2.75, 3.05) is 39.3 Å². The van der Waals surface area contributed by atoms with Crippen LogP contribution in [0.4, 0.5) is 0 Å². The van der Waals surface area contributed by atoms with Crippen LogP contribution >= 0.6 is 12.4 Å². The number of rotatable bonds is 5. The largest absolute Gasteiger partial charge is 0.303 e. The van der Waals surface area contributed by atoms with E-state index in [1.165, 1.54) is 88.6 Å². The van der Waals surface area contributed by atoms with Crippen LogP contribution in [0.3, 0.4) is 0 Å². The molecule has 0 saturated carbocycles. The molecule has 2 fully saturated rings. The van der Waals surface area contributed by atoms with Crippen molar-refractivity contribution in [3.63, 3.8) is 0 Å². The number of likely N-dealkylation sites (tertiary alicyclic amines) is 2. The molecule has 0 unspecified atom stereocenters. The summed E-state index contributed by atoms with van der Waals surface area (Å²) in [5.74, 6) is 0.753. The van der Waals surface area contributed by atoms with Crippen molar-refractivity contribution in [3.05, 3.63) is 48.0 Å². The Kier molecular flexibility index (Phi) is 7.36. The molecule has 0 bridgehead atoms.